The standard InChI is InChI=1S/4C4H10O2.2C3H4O2/c4*5-3-1-2-4-6;2*1-2-3(4)5/h4*5-6H,1-4H2;2*2H,1H2,(H,4,5). The van der Waals surface area contributed by atoms with Crippen molar-refractivity contribution in [2.45, 2.75) is 51.4 Å². The second kappa shape index (κ2) is 57.7. The lowest BCUT2D eigenvalue weighted by Crippen LogP contribution is -1.85. The highest BCUT2D eigenvalue weighted by molar-refractivity contribution is 5.79. The van der Waals surface area contributed by atoms with Gasteiger partial charge < -0.3 is 51.1 Å². The van der Waals surface area contributed by atoms with Gasteiger partial charge in [0.2, 0.25) is 0 Å². The molecule has 0 rings (SSSR count). The van der Waals surface area contributed by atoms with Gasteiger partial charge in [-0.25, -0.2) is 9.59 Å². The van der Waals surface area contributed by atoms with Gasteiger partial charge in [-0.15, -0.1) is 0 Å². The highest BCUT2D eigenvalue weighted by atomic mass is 16.4. The van der Waals surface area contributed by atoms with E-state index in [1.165, 1.54) is 0 Å². The monoisotopic (exact) mass is 504 g/mol. The summed E-state index contributed by atoms with van der Waals surface area (Å²) in [6, 6.07) is 0. The lowest BCUT2D eigenvalue weighted by molar-refractivity contribution is -0.132. The number of unbranched alkanes of at least 4 members (excludes halogenated alkanes) is 4. The highest BCUT2D eigenvalue weighted by Gasteiger charge is 1.79. The van der Waals surface area contributed by atoms with Gasteiger partial charge in [-0.2, -0.15) is 0 Å². The van der Waals surface area contributed by atoms with Crippen LogP contribution in [0.25, 0.3) is 0 Å². The summed E-state index contributed by atoms with van der Waals surface area (Å²) in [6.07, 6.45) is 7.42. The molecule has 0 radical (unpaired) electrons. The van der Waals surface area contributed by atoms with Gasteiger partial charge >= 0.3 is 11.9 Å². The van der Waals surface area contributed by atoms with Crippen molar-refractivity contribution in [2.24, 2.45) is 0 Å². The van der Waals surface area contributed by atoms with Crippen molar-refractivity contribution in [3.05, 3.63) is 25.3 Å². The number of hydrogen-bond donors (Lipinski definition) is 10. The fourth-order valence-corrected chi connectivity index (χ4v) is 0.894. The number of aliphatic hydroxyl groups is 8. The number of aliphatic carboxylic acids is 2. The summed E-state index contributed by atoms with van der Waals surface area (Å²) in [4.78, 5) is 18.5. The molecule has 0 aliphatic heterocycles. The predicted molar refractivity (Wildman–Crippen MR) is 129 cm³/mol. The topological polar surface area (TPSA) is 236 Å². The van der Waals surface area contributed by atoms with E-state index in [0.29, 0.717) is 0 Å². The van der Waals surface area contributed by atoms with Gasteiger partial charge in [0.1, 0.15) is 0 Å². The van der Waals surface area contributed by atoms with Crippen molar-refractivity contribution < 1.29 is 60.7 Å². The molecule has 0 aliphatic rings. The van der Waals surface area contributed by atoms with Crippen LogP contribution >= 0.6 is 0 Å². The van der Waals surface area contributed by atoms with Gasteiger partial charge in [-0.1, -0.05) is 13.2 Å². The Labute approximate surface area is 202 Å². The molecule has 0 aromatic heterocycles. The van der Waals surface area contributed by atoms with E-state index in [4.69, 9.17) is 51.1 Å². The molecule has 0 amide bonds. The fraction of sp³-hybridized carbons (Fsp3) is 0.727. The van der Waals surface area contributed by atoms with Gasteiger partial charge in [0.15, 0.2) is 0 Å². The Morgan fingerprint density at radius 1 is 0.412 bits per heavy atom. The van der Waals surface area contributed by atoms with Gasteiger partial charge in [-0.05, 0) is 51.4 Å². The molecule has 0 fully saturated rings. The molecule has 0 aliphatic carbocycles. The van der Waals surface area contributed by atoms with Crippen molar-refractivity contribution in [3.63, 3.8) is 0 Å². The Morgan fingerprint density at radius 2 is 0.500 bits per heavy atom. The van der Waals surface area contributed by atoms with Crippen LogP contribution < -0.4 is 0 Å². The summed E-state index contributed by atoms with van der Waals surface area (Å²) >= 11 is 0. The van der Waals surface area contributed by atoms with Crippen molar-refractivity contribution in [1.29, 1.82) is 0 Å². The summed E-state index contributed by atoms with van der Waals surface area (Å²) in [5.74, 6) is -1.96. The van der Waals surface area contributed by atoms with Crippen LogP contribution in [0, 0.1) is 0 Å². The Morgan fingerprint density at radius 3 is 0.529 bits per heavy atom. The minimum atomic E-state index is -0.981. The van der Waals surface area contributed by atoms with E-state index in [9.17, 15) is 9.59 Å². The molecule has 0 heterocycles. The maximum Gasteiger partial charge on any atom is 0.327 e. The van der Waals surface area contributed by atoms with Gasteiger partial charge in [0.05, 0.1) is 0 Å². The zero-order chi connectivity index (χ0) is 27.9. The molecule has 208 valence electrons. The molecular formula is C22H48O12. The maximum atomic E-state index is 9.25. The number of carbonyl (C=O) groups is 2. The van der Waals surface area contributed by atoms with Crippen LogP contribution in [0.15, 0.2) is 25.3 Å². The molecule has 0 aromatic rings. The van der Waals surface area contributed by atoms with Crippen molar-refractivity contribution >= 4 is 11.9 Å². The van der Waals surface area contributed by atoms with Gasteiger partial charge in [-0.3, -0.25) is 0 Å². The normalized spacial score (nSPS) is 8.24. The second-order valence-electron chi connectivity index (χ2n) is 5.70. The third-order valence-electron chi connectivity index (χ3n) is 2.61. The van der Waals surface area contributed by atoms with E-state index in [-0.39, 0.29) is 52.9 Å². The molecule has 0 saturated heterocycles. The third-order valence-corrected chi connectivity index (χ3v) is 2.61. The molecule has 0 spiro atoms. The van der Waals surface area contributed by atoms with E-state index >= 15 is 0 Å². The van der Waals surface area contributed by atoms with Crippen LogP contribution in [0.3, 0.4) is 0 Å². The van der Waals surface area contributed by atoms with Gasteiger partial charge in [0, 0.05) is 65.0 Å². The van der Waals surface area contributed by atoms with Crippen molar-refractivity contribution in [3.8, 4) is 0 Å². The lowest BCUT2D eigenvalue weighted by atomic mass is 10.3. The van der Waals surface area contributed by atoms with E-state index in [2.05, 4.69) is 13.2 Å². The summed E-state index contributed by atoms with van der Waals surface area (Å²) in [5, 5.41) is 79.9. The quantitative estimate of drug-likeness (QED) is 0.107. The molecule has 34 heavy (non-hydrogen) atoms. The largest absolute Gasteiger partial charge is 0.478 e. The smallest absolute Gasteiger partial charge is 0.327 e. The molecule has 0 bridgehead atoms. The minimum Gasteiger partial charge on any atom is -0.478 e. The summed E-state index contributed by atoms with van der Waals surface area (Å²) < 4.78 is 0. The second-order valence-corrected chi connectivity index (χ2v) is 5.70. The molecule has 0 saturated carbocycles. The number of carboxylic acids is 2. The zero-order valence-corrected chi connectivity index (χ0v) is 20.2. The number of hydrogen-bond acceptors (Lipinski definition) is 10. The Balaban J connectivity index is -0.0000000693. The van der Waals surface area contributed by atoms with Crippen LogP contribution in [0.5, 0.6) is 0 Å². The molecule has 10 N–H and O–H groups in total. The molecule has 0 atom stereocenters. The summed E-state index contributed by atoms with van der Waals surface area (Å²) in [5.41, 5.74) is 0. The van der Waals surface area contributed by atoms with Crippen molar-refractivity contribution in [1.82, 2.24) is 0 Å². The molecular weight excluding hydrogens is 456 g/mol. The number of carboxylic acid groups (broad SMARTS) is 2. The highest BCUT2D eigenvalue weighted by Crippen LogP contribution is 1.82. The van der Waals surface area contributed by atoms with Crippen LogP contribution in [0.1, 0.15) is 51.4 Å². The molecule has 12 heteroatoms. The molecule has 0 unspecified atom stereocenters. The summed E-state index contributed by atoms with van der Waals surface area (Å²) in [7, 11) is 0. The fourth-order valence-electron chi connectivity index (χ4n) is 0.894. The average Bonchev–Trinajstić information content (AvgIpc) is 2.85. The lowest BCUT2D eigenvalue weighted by Gasteiger charge is -1.85. The van der Waals surface area contributed by atoms with E-state index in [1.54, 1.807) is 0 Å². The first-order valence-corrected chi connectivity index (χ1v) is 10.8. The van der Waals surface area contributed by atoms with Crippen LogP contribution in [-0.2, 0) is 9.59 Å². The zero-order valence-electron chi connectivity index (χ0n) is 20.2. The van der Waals surface area contributed by atoms with E-state index in [0.717, 1.165) is 63.5 Å². The predicted octanol–water partition coefficient (Wildman–Crippen LogP) is -0.481. The first-order chi connectivity index (χ1) is 16.2. The average molecular weight is 505 g/mol. The first kappa shape index (κ1) is 45.6. The summed E-state index contributed by atoms with van der Waals surface area (Å²) in [6.45, 7) is 7.48. The first-order valence-electron chi connectivity index (χ1n) is 10.8. The third kappa shape index (κ3) is 128. The maximum absolute atomic E-state index is 9.25. The molecule has 12 nitrogen and oxygen atoms in total. The number of rotatable bonds is 14. The molecule has 0 aromatic carbocycles. The van der Waals surface area contributed by atoms with Crippen LogP contribution in [0.4, 0.5) is 0 Å². The Hall–Kier alpha value is -1.90. The number of aliphatic hydroxyl groups excluding tert-OH is 8. The van der Waals surface area contributed by atoms with E-state index < -0.39 is 11.9 Å². The van der Waals surface area contributed by atoms with Crippen LogP contribution in [0.2, 0.25) is 0 Å². The SMILES string of the molecule is C=CC(=O)O.C=CC(=O)O.OCCCCO.OCCCCO.OCCCCO.OCCCCO. The van der Waals surface area contributed by atoms with Gasteiger partial charge in [0.25, 0.3) is 0 Å². The van der Waals surface area contributed by atoms with Crippen LogP contribution in [-0.4, -0.2) is 116 Å². The Kier molecular flexibility index (Phi) is 77.3. The minimum absolute atomic E-state index is 0.195. The van der Waals surface area contributed by atoms with Crippen molar-refractivity contribution in [2.75, 3.05) is 52.9 Å². The van der Waals surface area contributed by atoms with E-state index in [1.807, 2.05) is 0 Å². The Bertz CT molecular complexity index is 300.